The molecule has 2 N–H and O–H groups in total. The quantitative estimate of drug-likeness (QED) is 0.873. The summed E-state index contributed by atoms with van der Waals surface area (Å²) in [6.45, 7) is 4.71. The fraction of sp³-hybridized carbons (Fsp3) is 0.727. The highest BCUT2D eigenvalue weighted by Gasteiger charge is 2.49. The third-order valence-electron chi connectivity index (χ3n) is 7.40. The van der Waals surface area contributed by atoms with Gasteiger partial charge in [0.2, 0.25) is 0 Å². The molecule has 0 aromatic heterocycles. The van der Waals surface area contributed by atoms with Gasteiger partial charge in [0.05, 0.1) is 0 Å². The van der Waals surface area contributed by atoms with Crippen LogP contribution in [-0.4, -0.2) is 42.2 Å². The Labute approximate surface area is 152 Å². The van der Waals surface area contributed by atoms with Crippen molar-refractivity contribution in [1.82, 2.24) is 10.2 Å². The smallest absolute Gasteiger partial charge is 0.115 e. The molecule has 0 spiro atoms. The van der Waals surface area contributed by atoms with E-state index in [0.29, 0.717) is 17.8 Å². The third-order valence-corrected chi connectivity index (χ3v) is 7.40. The molecule has 2 bridgehead atoms. The molecule has 1 aliphatic heterocycles. The maximum atomic E-state index is 10.1. The molecule has 1 saturated heterocycles. The van der Waals surface area contributed by atoms with E-state index >= 15 is 0 Å². The molecule has 1 aromatic carbocycles. The van der Waals surface area contributed by atoms with Gasteiger partial charge in [0.15, 0.2) is 0 Å². The number of nitrogens with one attached hydrogen (secondary N) is 1. The van der Waals surface area contributed by atoms with E-state index in [0.717, 1.165) is 31.8 Å². The summed E-state index contributed by atoms with van der Waals surface area (Å²) in [5.74, 6) is 1.35. The lowest BCUT2D eigenvalue weighted by molar-refractivity contribution is 0.0649. The fourth-order valence-corrected chi connectivity index (χ4v) is 5.76. The van der Waals surface area contributed by atoms with Crippen LogP contribution in [0.5, 0.6) is 5.75 Å². The third kappa shape index (κ3) is 3.21. The zero-order chi connectivity index (χ0) is 17.4. The van der Waals surface area contributed by atoms with E-state index in [1.807, 2.05) is 12.1 Å². The molecule has 138 valence electrons. The second-order valence-corrected chi connectivity index (χ2v) is 8.99. The van der Waals surface area contributed by atoms with Crippen LogP contribution in [0.3, 0.4) is 0 Å². The lowest BCUT2D eigenvalue weighted by Gasteiger charge is -2.55. The summed E-state index contributed by atoms with van der Waals surface area (Å²) in [6, 6.07) is 7.10. The van der Waals surface area contributed by atoms with Crippen molar-refractivity contribution in [3.63, 3.8) is 0 Å². The van der Waals surface area contributed by atoms with Crippen LogP contribution < -0.4 is 5.32 Å². The number of hydrogen-bond donors (Lipinski definition) is 2. The van der Waals surface area contributed by atoms with Gasteiger partial charge in [-0.3, -0.25) is 0 Å². The number of phenols is 1. The summed E-state index contributed by atoms with van der Waals surface area (Å²) < 4.78 is 0. The topological polar surface area (TPSA) is 35.5 Å². The van der Waals surface area contributed by atoms with Crippen LogP contribution in [0, 0.1) is 5.92 Å². The second-order valence-electron chi connectivity index (χ2n) is 8.99. The van der Waals surface area contributed by atoms with Gasteiger partial charge in [-0.05, 0) is 68.6 Å². The molecule has 3 aliphatic rings. The maximum Gasteiger partial charge on any atom is 0.115 e. The van der Waals surface area contributed by atoms with Crippen molar-refractivity contribution >= 4 is 0 Å². The van der Waals surface area contributed by atoms with E-state index in [-0.39, 0.29) is 5.41 Å². The number of likely N-dealkylation sites (tertiary alicyclic amines) is 1. The number of phenolic OH excluding ortho intramolecular Hbond substituents is 1. The first-order valence-corrected chi connectivity index (χ1v) is 10.3. The predicted octanol–water partition coefficient (Wildman–Crippen LogP) is 3.84. The van der Waals surface area contributed by atoms with Crippen LogP contribution in [-0.2, 0) is 11.8 Å². The highest BCUT2D eigenvalue weighted by molar-refractivity contribution is 5.45. The molecular formula is C22H34N2O. The summed E-state index contributed by atoms with van der Waals surface area (Å²) in [7, 11) is 2.28. The largest absolute Gasteiger partial charge is 0.508 e. The van der Waals surface area contributed by atoms with Crippen molar-refractivity contribution in [2.45, 2.75) is 75.8 Å². The Bertz CT molecular complexity index is 610. The Kier molecular flexibility index (Phi) is 4.81. The number of likely N-dealkylation sites (N-methyl/N-ethyl adjacent to an activating group) is 1. The van der Waals surface area contributed by atoms with Crippen molar-refractivity contribution in [3.05, 3.63) is 29.3 Å². The standard InChI is InChI=1S/C22H34N2O/c1-22-11-13-24(2)20(14-17-8-9-18(25)15-19(17)22)21(22)23-12-10-16-6-4-3-5-7-16/h8-9,15-16,20-21,23,25H,3-7,10-14H2,1-2H3/t20-,21+,22-/m1/s1. The minimum absolute atomic E-state index is 0.135. The summed E-state index contributed by atoms with van der Waals surface area (Å²) in [4.78, 5) is 2.55. The van der Waals surface area contributed by atoms with E-state index in [9.17, 15) is 5.11 Å². The molecule has 25 heavy (non-hydrogen) atoms. The van der Waals surface area contributed by atoms with Gasteiger partial charge in [0.1, 0.15) is 5.75 Å². The van der Waals surface area contributed by atoms with Crippen molar-refractivity contribution < 1.29 is 5.11 Å². The minimum atomic E-state index is 0.135. The molecule has 3 heteroatoms. The average Bonchev–Trinajstić information content (AvgIpc) is 2.62. The first kappa shape index (κ1) is 17.4. The molecule has 4 rings (SSSR count). The highest BCUT2D eigenvalue weighted by Crippen LogP contribution is 2.45. The lowest BCUT2D eigenvalue weighted by Crippen LogP contribution is -2.66. The van der Waals surface area contributed by atoms with Crippen molar-refractivity contribution in [3.8, 4) is 5.75 Å². The minimum Gasteiger partial charge on any atom is -0.508 e. The van der Waals surface area contributed by atoms with Crippen LogP contribution in [0.1, 0.15) is 63.0 Å². The average molecular weight is 343 g/mol. The molecule has 0 unspecified atom stereocenters. The Balaban J connectivity index is 1.52. The number of benzene rings is 1. The number of nitrogens with zero attached hydrogens (tertiary/aromatic N) is 1. The van der Waals surface area contributed by atoms with E-state index < -0.39 is 0 Å². The molecule has 1 aromatic rings. The summed E-state index contributed by atoms with van der Waals surface area (Å²) in [6.07, 6.45) is 10.8. The fourth-order valence-electron chi connectivity index (χ4n) is 5.76. The first-order chi connectivity index (χ1) is 12.1. The highest BCUT2D eigenvalue weighted by atomic mass is 16.3. The number of hydrogen-bond acceptors (Lipinski definition) is 3. The van der Waals surface area contributed by atoms with Crippen LogP contribution in [0.15, 0.2) is 18.2 Å². The Morgan fingerprint density at radius 1 is 1.24 bits per heavy atom. The van der Waals surface area contributed by atoms with Crippen molar-refractivity contribution in [1.29, 1.82) is 0 Å². The normalized spacial score (nSPS) is 33.2. The monoisotopic (exact) mass is 342 g/mol. The Morgan fingerprint density at radius 3 is 2.84 bits per heavy atom. The number of fused-ring (bicyclic) bond motifs is 4. The van der Waals surface area contributed by atoms with Crippen LogP contribution in [0.2, 0.25) is 0 Å². The maximum absolute atomic E-state index is 10.1. The molecule has 2 aliphatic carbocycles. The van der Waals surface area contributed by atoms with Gasteiger partial charge in [-0.25, -0.2) is 0 Å². The SMILES string of the molecule is CN1CC[C@]2(C)c3cc(O)ccc3C[C@@H]1[C@@H]2NCCC1CCCCC1. The van der Waals surface area contributed by atoms with Gasteiger partial charge in [-0.15, -0.1) is 0 Å². The molecular weight excluding hydrogens is 308 g/mol. The Morgan fingerprint density at radius 2 is 2.04 bits per heavy atom. The second kappa shape index (κ2) is 6.92. The van der Waals surface area contributed by atoms with E-state index in [1.54, 1.807) is 0 Å². The van der Waals surface area contributed by atoms with Gasteiger partial charge >= 0.3 is 0 Å². The van der Waals surface area contributed by atoms with Gasteiger partial charge in [-0.1, -0.05) is 45.1 Å². The zero-order valence-corrected chi connectivity index (χ0v) is 15.9. The van der Waals surface area contributed by atoms with E-state index in [4.69, 9.17) is 0 Å². The van der Waals surface area contributed by atoms with Gasteiger partial charge in [0, 0.05) is 17.5 Å². The van der Waals surface area contributed by atoms with Crippen molar-refractivity contribution in [2.24, 2.45) is 5.92 Å². The summed E-state index contributed by atoms with van der Waals surface area (Å²) in [5, 5.41) is 14.0. The first-order valence-electron chi connectivity index (χ1n) is 10.3. The molecule has 1 saturated carbocycles. The van der Waals surface area contributed by atoms with E-state index in [2.05, 4.69) is 30.3 Å². The van der Waals surface area contributed by atoms with Gasteiger partial charge in [-0.2, -0.15) is 0 Å². The van der Waals surface area contributed by atoms with Crippen LogP contribution in [0.4, 0.5) is 0 Å². The molecule has 2 fully saturated rings. The molecule has 0 amide bonds. The number of piperidine rings is 1. The van der Waals surface area contributed by atoms with Crippen LogP contribution >= 0.6 is 0 Å². The summed E-state index contributed by atoms with van der Waals surface area (Å²) >= 11 is 0. The molecule has 1 heterocycles. The van der Waals surface area contributed by atoms with Crippen LogP contribution in [0.25, 0.3) is 0 Å². The van der Waals surface area contributed by atoms with Crippen molar-refractivity contribution in [2.75, 3.05) is 20.1 Å². The zero-order valence-electron chi connectivity index (χ0n) is 15.9. The molecule has 0 radical (unpaired) electrons. The van der Waals surface area contributed by atoms with E-state index in [1.165, 1.54) is 49.7 Å². The molecule has 3 nitrogen and oxygen atoms in total. The molecule has 3 atom stereocenters. The number of rotatable bonds is 4. The summed E-state index contributed by atoms with van der Waals surface area (Å²) in [5.41, 5.74) is 2.95. The van der Waals surface area contributed by atoms with Gasteiger partial charge < -0.3 is 15.3 Å². The predicted molar refractivity (Wildman–Crippen MR) is 103 cm³/mol. The van der Waals surface area contributed by atoms with Gasteiger partial charge in [0.25, 0.3) is 0 Å². The lowest BCUT2D eigenvalue weighted by atomic mass is 9.61. The Hall–Kier alpha value is -1.06. The number of aromatic hydroxyl groups is 1.